The SMILES string of the molecule is CCc1nc(C)oc1C(=O)N=c1sc2cc(C(N)=O)cnc2n1C/C=C/CN.Cl. The Hall–Kier alpha value is -2.82. The number of halogens is 1. The molecule has 0 saturated heterocycles. The van der Waals surface area contributed by atoms with Crippen LogP contribution in [-0.2, 0) is 13.0 Å². The van der Waals surface area contributed by atoms with Gasteiger partial charge in [0.25, 0.3) is 0 Å². The third-order valence-corrected chi connectivity index (χ3v) is 4.94. The number of nitrogens with zero attached hydrogens (tertiary/aromatic N) is 4. The highest BCUT2D eigenvalue weighted by Crippen LogP contribution is 2.18. The van der Waals surface area contributed by atoms with Gasteiger partial charge in [-0.1, -0.05) is 30.4 Å². The molecule has 4 N–H and O–H groups in total. The number of amides is 2. The van der Waals surface area contributed by atoms with Crippen LogP contribution in [0.5, 0.6) is 0 Å². The lowest BCUT2D eigenvalue weighted by molar-refractivity contribution is 0.0967. The summed E-state index contributed by atoms with van der Waals surface area (Å²) in [4.78, 5) is 37.3. The van der Waals surface area contributed by atoms with Crippen LogP contribution >= 0.6 is 23.7 Å². The van der Waals surface area contributed by atoms with E-state index < -0.39 is 11.8 Å². The van der Waals surface area contributed by atoms with Crippen LogP contribution in [0.4, 0.5) is 0 Å². The first kappa shape index (κ1) is 22.5. The van der Waals surface area contributed by atoms with Crippen LogP contribution in [0.1, 0.15) is 39.4 Å². The van der Waals surface area contributed by atoms with E-state index in [1.54, 1.807) is 23.6 Å². The summed E-state index contributed by atoms with van der Waals surface area (Å²) in [6.07, 6.45) is 5.62. The molecular formula is C18H21ClN6O3S. The van der Waals surface area contributed by atoms with Gasteiger partial charge in [0.2, 0.25) is 11.7 Å². The van der Waals surface area contributed by atoms with Gasteiger partial charge >= 0.3 is 5.91 Å². The first-order valence-electron chi connectivity index (χ1n) is 8.64. The maximum atomic E-state index is 12.7. The minimum absolute atomic E-state index is 0. The summed E-state index contributed by atoms with van der Waals surface area (Å²) in [5.74, 6) is -0.544. The number of pyridine rings is 1. The molecule has 0 aliphatic heterocycles. The third-order valence-electron chi connectivity index (χ3n) is 3.93. The number of aromatic nitrogens is 3. The lowest BCUT2D eigenvalue weighted by Crippen LogP contribution is -2.17. The Morgan fingerprint density at radius 2 is 2.14 bits per heavy atom. The first-order valence-corrected chi connectivity index (χ1v) is 9.45. The van der Waals surface area contributed by atoms with Crippen LogP contribution in [0.3, 0.4) is 0 Å². The average molecular weight is 437 g/mol. The Morgan fingerprint density at radius 1 is 1.38 bits per heavy atom. The number of primary amides is 1. The summed E-state index contributed by atoms with van der Waals surface area (Å²) in [5, 5.41) is 0. The lowest BCUT2D eigenvalue weighted by Gasteiger charge is -2.01. The molecule has 0 aromatic carbocycles. The van der Waals surface area contributed by atoms with Crippen LogP contribution in [0.25, 0.3) is 10.3 Å². The Morgan fingerprint density at radius 3 is 2.79 bits per heavy atom. The van der Waals surface area contributed by atoms with Crippen molar-refractivity contribution in [2.75, 3.05) is 6.54 Å². The molecule has 0 atom stereocenters. The van der Waals surface area contributed by atoms with Crippen LogP contribution < -0.4 is 16.3 Å². The summed E-state index contributed by atoms with van der Waals surface area (Å²) in [6.45, 7) is 4.38. The van der Waals surface area contributed by atoms with Crippen LogP contribution in [0, 0.1) is 6.92 Å². The topological polar surface area (TPSA) is 142 Å². The summed E-state index contributed by atoms with van der Waals surface area (Å²) in [7, 11) is 0. The van der Waals surface area contributed by atoms with Gasteiger partial charge in [-0.3, -0.25) is 14.2 Å². The van der Waals surface area contributed by atoms with Gasteiger partial charge in [0.05, 0.1) is 16.0 Å². The Bertz CT molecular complexity index is 1140. The normalized spacial score (nSPS) is 11.9. The molecule has 3 aromatic rings. The van der Waals surface area contributed by atoms with E-state index in [1.165, 1.54) is 17.5 Å². The van der Waals surface area contributed by atoms with Crippen LogP contribution in [0.15, 0.2) is 33.8 Å². The molecule has 2 amide bonds. The fourth-order valence-corrected chi connectivity index (χ4v) is 3.67. The van der Waals surface area contributed by atoms with E-state index in [1.807, 2.05) is 13.0 Å². The summed E-state index contributed by atoms with van der Waals surface area (Å²) >= 11 is 1.23. The van der Waals surface area contributed by atoms with Crippen molar-refractivity contribution in [3.05, 3.63) is 52.1 Å². The van der Waals surface area contributed by atoms with Crippen molar-refractivity contribution in [3.63, 3.8) is 0 Å². The zero-order chi connectivity index (χ0) is 20.3. The van der Waals surface area contributed by atoms with Gasteiger partial charge in [0.15, 0.2) is 16.3 Å². The molecule has 11 heteroatoms. The predicted molar refractivity (Wildman–Crippen MR) is 112 cm³/mol. The molecule has 0 spiro atoms. The van der Waals surface area contributed by atoms with Crippen LogP contribution in [0.2, 0.25) is 0 Å². The number of aryl methyl sites for hydroxylation is 2. The second-order valence-electron chi connectivity index (χ2n) is 5.89. The summed E-state index contributed by atoms with van der Waals surface area (Å²) in [5.41, 5.74) is 12.3. The van der Waals surface area contributed by atoms with Crippen molar-refractivity contribution >= 4 is 45.9 Å². The van der Waals surface area contributed by atoms with E-state index in [-0.39, 0.29) is 23.7 Å². The number of nitrogens with two attached hydrogens (primary N) is 2. The van der Waals surface area contributed by atoms with Crippen LogP contribution in [-0.4, -0.2) is 32.9 Å². The van der Waals surface area contributed by atoms with Crippen molar-refractivity contribution < 1.29 is 14.0 Å². The van der Waals surface area contributed by atoms with Crippen molar-refractivity contribution in [2.45, 2.75) is 26.8 Å². The molecule has 0 fully saturated rings. The zero-order valence-electron chi connectivity index (χ0n) is 15.9. The monoisotopic (exact) mass is 436 g/mol. The number of carbonyl (C=O) groups is 2. The minimum atomic E-state index is -0.573. The van der Waals surface area contributed by atoms with E-state index in [0.717, 1.165) is 0 Å². The largest absolute Gasteiger partial charge is 0.435 e. The van der Waals surface area contributed by atoms with Gasteiger partial charge in [-0.05, 0) is 12.5 Å². The van der Waals surface area contributed by atoms with Gasteiger partial charge in [-0.2, -0.15) is 4.99 Å². The molecule has 3 rings (SSSR count). The molecule has 0 aliphatic carbocycles. The highest BCUT2D eigenvalue weighted by atomic mass is 35.5. The lowest BCUT2D eigenvalue weighted by atomic mass is 10.3. The predicted octanol–water partition coefficient (Wildman–Crippen LogP) is 1.73. The molecule has 9 nitrogen and oxygen atoms in total. The maximum Gasteiger partial charge on any atom is 0.317 e. The number of hydrogen-bond donors (Lipinski definition) is 2. The highest BCUT2D eigenvalue weighted by Gasteiger charge is 2.18. The molecule has 3 aromatic heterocycles. The quantitative estimate of drug-likeness (QED) is 0.563. The fourth-order valence-electron chi connectivity index (χ4n) is 2.63. The van der Waals surface area contributed by atoms with E-state index >= 15 is 0 Å². The minimum Gasteiger partial charge on any atom is -0.435 e. The van der Waals surface area contributed by atoms with E-state index in [0.29, 0.717) is 46.2 Å². The maximum absolute atomic E-state index is 12.7. The fraction of sp³-hybridized carbons (Fsp3) is 0.278. The number of hydrogen-bond acceptors (Lipinski definition) is 7. The number of oxazole rings is 1. The molecule has 0 aliphatic rings. The number of thiazole rings is 1. The molecule has 0 unspecified atom stereocenters. The zero-order valence-corrected chi connectivity index (χ0v) is 17.5. The molecule has 154 valence electrons. The summed E-state index contributed by atoms with van der Waals surface area (Å²) < 4.78 is 7.89. The molecular weight excluding hydrogens is 416 g/mol. The number of fused-ring (bicyclic) bond motifs is 1. The van der Waals surface area contributed by atoms with Crippen molar-refractivity contribution in [1.29, 1.82) is 0 Å². The number of carbonyl (C=O) groups excluding carboxylic acids is 2. The van der Waals surface area contributed by atoms with Crippen molar-refractivity contribution in [1.82, 2.24) is 14.5 Å². The van der Waals surface area contributed by atoms with Gasteiger partial charge in [-0.15, -0.1) is 12.4 Å². The van der Waals surface area contributed by atoms with Gasteiger partial charge in [-0.25, -0.2) is 9.97 Å². The van der Waals surface area contributed by atoms with E-state index in [2.05, 4.69) is 15.0 Å². The Labute approximate surface area is 176 Å². The Balaban J connectivity index is 0.00000300. The standard InChI is InChI=1S/C18H20N6O3S.ClH/c1-3-12-14(27-10(2)22-12)17(26)23-18-24(7-5-4-6-19)16-13(28-18)8-11(9-21-16)15(20)25;/h4-5,8-9H,3,6-7,19H2,1-2H3,(H2,20,25);1H/b5-4+,23-18?;. The molecule has 0 saturated carbocycles. The molecule has 0 radical (unpaired) electrons. The molecule has 3 heterocycles. The smallest absolute Gasteiger partial charge is 0.317 e. The number of rotatable bonds is 6. The third kappa shape index (κ3) is 4.78. The number of allylic oxidation sites excluding steroid dienone is 1. The van der Waals surface area contributed by atoms with Gasteiger partial charge < -0.3 is 15.9 Å². The van der Waals surface area contributed by atoms with Crippen molar-refractivity contribution in [2.24, 2.45) is 16.5 Å². The highest BCUT2D eigenvalue weighted by molar-refractivity contribution is 7.16. The molecule has 0 bridgehead atoms. The second kappa shape index (κ2) is 9.59. The summed E-state index contributed by atoms with van der Waals surface area (Å²) in [6, 6.07) is 1.64. The van der Waals surface area contributed by atoms with Gasteiger partial charge in [0.1, 0.15) is 0 Å². The van der Waals surface area contributed by atoms with Gasteiger partial charge in [0, 0.05) is 26.2 Å². The van der Waals surface area contributed by atoms with Crippen molar-refractivity contribution in [3.8, 4) is 0 Å². The molecule has 29 heavy (non-hydrogen) atoms. The first-order chi connectivity index (χ1) is 13.4. The second-order valence-corrected chi connectivity index (χ2v) is 6.90. The Kier molecular flexibility index (Phi) is 7.43. The average Bonchev–Trinajstić information content (AvgIpc) is 3.21. The van der Waals surface area contributed by atoms with E-state index in [9.17, 15) is 9.59 Å². The van der Waals surface area contributed by atoms with E-state index in [4.69, 9.17) is 15.9 Å².